The molecule has 2 N–H and O–H groups in total. The number of hydrogen-bond donors (Lipinski definition) is 2. The normalized spacial score (nSPS) is 23.3. The molecule has 1 aromatic carbocycles. The van der Waals surface area contributed by atoms with Crippen molar-refractivity contribution in [1.29, 1.82) is 0 Å². The van der Waals surface area contributed by atoms with Gasteiger partial charge in [0.25, 0.3) is 5.56 Å². The summed E-state index contributed by atoms with van der Waals surface area (Å²) in [5.41, 5.74) is 2.32. The van der Waals surface area contributed by atoms with Gasteiger partial charge in [-0.05, 0) is 36.4 Å². The van der Waals surface area contributed by atoms with Crippen molar-refractivity contribution in [2.75, 3.05) is 6.54 Å². The Morgan fingerprint density at radius 2 is 2.12 bits per heavy atom. The van der Waals surface area contributed by atoms with Gasteiger partial charge in [-0.1, -0.05) is 12.1 Å². The summed E-state index contributed by atoms with van der Waals surface area (Å²) in [6.45, 7) is 1.93. The van der Waals surface area contributed by atoms with Crippen LogP contribution >= 0.6 is 11.3 Å². The largest absolute Gasteiger partial charge is 0.322 e. The van der Waals surface area contributed by atoms with Crippen molar-refractivity contribution in [3.05, 3.63) is 62.3 Å². The molecular formula is C19H20N3OS+. The molecule has 0 spiro atoms. The molecule has 5 heteroatoms. The molecule has 2 atom stereocenters. The van der Waals surface area contributed by atoms with Crippen LogP contribution in [-0.2, 0) is 13.0 Å². The fourth-order valence-electron chi connectivity index (χ4n) is 4.13. The number of para-hydroxylation sites is 1. The zero-order chi connectivity index (χ0) is 16.1. The standard InChI is InChI=1S/C19H19N3OS/c23-19-13-3-1-2-4-15(13)20-17(21-19)11-22-9-7-16-14(8-10-24-16)18(22)12-5-6-12/h1-4,8,10,12,18H,5-7,9,11H2,(H,20,21,23)/p+1/t18-/m0/s1. The van der Waals surface area contributed by atoms with E-state index >= 15 is 0 Å². The van der Waals surface area contributed by atoms with E-state index in [2.05, 4.69) is 16.4 Å². The Hall–Kier alpha value is -1.98. The van der Waals surface area contributed by atoms with Crippen molar-refractivity contribution in [3.8, 4) is 0 Å². The van der Waals surface area contributed by atoms with E-state index in [9.17, 15) is 4.79 Å². The first-order chi connectivity index (χ1) is 11.8. The first kappa shape index (κ1) is 14.4. The molecule has 1 saturated carbocycles. The van der Waals surface area contributed by atoms with Crippen molar-refractivity contribution in [3.63, 3.8) is 0 Å². The summed E-state index contributed by atoms with van der Waals surface area (Å²) in [6, 6.07) is 10.5. The first-order valence-electron chi connectivity index (χ1n) is 8.68. The number of nitrogens with zero attached hydrogens (tertiary/aromatic N) is 1. The van der Waals surface area contributed by atoms with E-state index in [1.54, 1.807) is 15.3 Å². The fraction of sp³-hybridized carbons (Fsp3) is 0.368. The van der Waals surface area contributed by atoms with Gasteiger partial charge in [0.2, 0.25) is 0 Å². The Kier molecular flexibility index (Phi) is 3.31. The summed E-state index contributed by atoms with van der Waals surface area (Å²) in [7, 11) is 0. The maximum atomic E-state index is 12.3. The van der Waals surface area contributed by atoms with Crippen LogP contribution in [0.25, 0.3) is 10.9 Å². The Morgan fingerprint density at radius 1 is 1.25 bits per heavy atom. The number of fused-ring (bicyclic) bond motifs is 2. The van der Waals surface area contributed by atoms with E-state index in [1.807, 2.05) is 35.6 Å². The van der Waals surface area contributed by atoms with Gasteiger partial charge in [0.1, 0.15) is 12.6 Å². The summed E-state index contributed by atoms with van der Waals surface area (Å²) in [5.74, 6) is 1.62. The molecule has 3 heterocycles. The molecule has 1 aliphatic carbocycles. The summed E-state index contributed by atoms with van der Waals surface area (Å²) in [6.07, 6.45) is 3.82. The average Bonchev–Trinajstić information content (AvgIpc) is 3.31. The summed E-state index contributed by atoms with van der Waals surface area (Å²) < 4.78 is 0. The third-order valence-electron chi connectivity index (χ3n) is 5.38. The molecule has 4 nitrogen and oxygen atoms in total. The molecule has 3 aromatic rings. The van der Waals surface area contributed by atoms with Crippen molar-refractivity contribution >= 4 is 22.2 Å². The second-order valence-electron chi connectivity index (χ2n) is 6.98. The quantitative estimate of drug-likeness (QED) is 0.768. The van der Waals surface area contributed by atoms with Crippen LogP contribution in [0.3, 0.4) is 0 Å². The molecule has 5 rings (SSSR count). The second kappa shape index (κ2) is 5.53. The monoisotopic (exact) mass is 338 g/mol. The molecule has 2 aromatic heterocycles. The molecule has 0 amide bonds. The smallest absolute Gasteiger partial charge is 0.258 e. The van der Waals surface area contributed by atoms with Crippen LogP contribution in [0.15, 0.2) is 40.5 Å². The van der Waals surface area contributed by atoms with Crippen molar-refractivity contribution in [2.45, 2.75) is 31.8 Å². The lowest BCUT2D eigenvalue weighted by Crippen LogP contribution is -3.12. The first-order valence-corrected chi connectivity index (χ1v) is 9.56. The lowest BCUT2D eigenvalue weighted by molar-refractivity contribution is -0.950. The third-order valence-corrected chi connectivity index (χ3v) is 6.37. The van der Waals surface area contributed by atoms with E-state index in [0.717, 1.165) is 36.8 Å². The molecule has 122 valence electrons. The van der Waals surface area contributed by atoms with E-state index < -0.39 is 0 Å². The number of hydrogen-bond acceptors (Lipinski definition) is 3. The number of aromatic nitrogens is 2. The maximum Gasteiger partial charge on any atom is 0.258 e. The molecule has 1 aliphatic heterocycles. The molecular weight excluding hydrogens is 318 g/mol. The minimum atomic E-state index is -0.0220. The summed E-state index contributed by atoms with van der Waals surface area (Å²) in [4.78, 5) is 23.2. The van der Waals surface area contributed by atoms with Crippen LogP contribution < -0.4 is 10.5 Å². The maximum absolute atomic E-state index is 12.3. The van der Waals surface area contributed by atoms with Crippen LogP contribution in [0.4, 0.5) is 0 Å². The highest BCUT2D eigenvalue weighted by Gasteiger charge is 2.43. The third kappa shape index (κ3) is 2.39. The highest BCUT2D eigenvalue weighted by Crippen LogP contribution is 2.42. The Bertz CT molecular complexity index is 956. The second-order valence-corrected chi connectivity index (χ2v) is 7.98. The number of aromatic amines is 1. The highest BCUT2D eigenvalue weighted by atomic mass is 32.1. The molecule has 0 saturated heterocycles. The highest BCUT2D eigenvalue weighted by molar-refractivity contribution is 7.10. The predicted molar refractivity (Wildman–Crippen MR) is 95.4 cm³/mol. The molecule has 2 aliphatic rings. The Morgan fingerprint density at radius 3 is 3.00 bits per heavy atom. The van der Waals surface area contributed by atoms with Crippen LogP contribution in [-0.4, -0.2) is 16.5 Å². The molecule has 1 unspecified atom stereocenters. The van der Waals surface area contributed by atoms with Crippen molar-refractivity contribution < 1.29 is 4.90 Å². The lowest BCUT2D eigenvalue weighted by Gasteiger charge is -2.32. The molecule has 24 heavy (non-hydrogen) atoms. The number of quaternary nitrogens is 1. The topological polar surface area (TPSA) is 50.2 Å². The van der Waals surface area contributed by atoms with Crippen LogP contribution in [0.2, 0.25) is 0 Å². The summed E-state index contributed by atoms with van der Waals surface area (Å²) in [5, 5.41) is 2.91. The number of nitrogens with one attached hydrogen (secondary N) is 2. The Balaban J connectivity index is 1.50. The minimum Gasteiger partial charge on any atom is -0.322 e. The van der Waals surface area contributed by atoms with E-state index in [0.29, 0.717) is 11.4 Å². The average molecular weight is 338 g/mol. The van der Waals surface area contributed by atoms with Gasteiger partial charge in [0, 0.05) is 22.8 Å². The number of H-pyrrole nitrogens is 1. The SMILES string of the molecule is O=c1[nH]c(C[NH+]2CCc3sccc3[C@@H]2C2CC2)nc2ccccc12. The molecule has 0 radical (unpaired) electrons. The van der Waals surface area contributed by atoms with Gasteiger partial charge in [-0.25, -0.2) is 4.98 Å². The number of thiophene rings is 1. The van der Waals surface area contributed by atoms with E-state index in [4.69, 9.17) is 4.98 Å². The van der Waals surface area contributed by atoms with Gasteiger partial charge >= 0.3 is 0 Å². The number of rotatable bonds is 3. The van der Waals surface area contributed by atoms with Crippen molar-refractivity contribution in [1.82, 2.24) is 9.97 Å². The minimum absolute atomic E-state index is 0.0220. The lowest BCUT2D eigenvalue weighted by atomic mass is 9.96. The molecule has 0 bridgehead atoms. The summed E-state index contributed by atoms with van der Waals surface area (Å²) >= 11 is 1.90. The molecule has 1 fully saturated rings. The van der Waals surface area contributed by atoms with Gasteiger partial charge in [0.05, 0.1) is 17.4 Å². The van der Waals surface area contributed by atoms with E-state index in [-0.39, 0.29) is 5.56 Å². The van der Waals surface area contributed by atoms with Gasteiger partial charge in [-0.15, -0.1) is 11.3 Å². The van der Waals surface area contributed by atoms with Crippen LogP contribution in [0, 0.1) is 5.92 Å². The predicted octanol–water partition coefficient (Wildman–Crippen LogP) is 2.08. The van der Waals surface area contributed by atoms with Crippen molar-refractivity contribution in [2.24, 2.45) is 5.92 Å². The van der Waals surface area contributed by atoms with Crippen LogP contribution in [0.1, 0.15) is 35.1 Å². The van der Waals surface area contributed by atoms with E-state index in [1.165, 1.54) is 12.8 Å². The van der Waals surface area contributed by atoms with Gasteiger partial charge in [-0.2, -0.15) is 0 Å². The van der Waals surface area contributed by atoms with Gasteiger partial charge < -0.3 is 9.88 Å². The Labute approximate surface area is 144 Å². The zero-order valence-corrected chi connectivity index (χ0v) is 14.2. The van der Waals surface area contributed by atoms with Gasteiger partial charge in [0.15, 0.2) is 5.82 Å². The van der Waals surface area contributed by atoms with Crippen LogP contribution in [0.5, 0.6) is 0 Å². The van der Waals surface area contributed by atoms with Gasteiger partial charge in [-0.3, -0.25) is 4.79 Å². The zero-order valence-electron chi connectivity index (χ0n) is 13.4. The number of benzene rings is 1. The fourth-order valence-corrected chi connectivity index (χ4v) is 5.06.